The summed E-state index contributed by atoms with van der Waals surface area (Å²) in [6.45, 7) is 1.63. The molecule has 0 spiro atoms. The van der Waals surface area contributed by atoms with Crippen LogP contribution < -0.4 is 5.32 Å². The molecule has 2 N–H and O–H groups in total. The molecule has 0 saturated carbocycles. The molecule has 2 aliphatic rings. The number of nitrogens with one attached hydrogen (secondary N) is 1. The number of hydrogen-bond acceptors (Lipinski definition) is 2. The van der Waals surface area contributed by atoms with Crippen LogP contribution in [0.25, 0.3) is 11.1 Å². The summed E-state index contributed by atoms with van der Waals surface area (Å²) < 4.78 is 0. The lowest BCUT2D eigenvalue weighted by Crippen LogP contribution is -2.25. The van der Waals surface area contributed by atoms with Crippen molar-refractivity contribution in [2.24, 2.45) is 0 Å². The van der Waals surface area contributed by atoms with Crippen molar-refractivity contribution in [1.29, 1.82) is 0 Å². The van der Waals surface area contributed by atoms with Gasteiger partial charge >= 0.3 is 5.97 Å². The van der Waals surface area contributed by atoms with Gasteiger partial charge in [0.2, 0.25) is 0 Å². The first-order valence-corrected chi connectivity index (χ1v) is 5.15. The van der Waals surface area contributed by atoms with E-state index in [1.54, 1.807) is 6.92 Å². The number of fused-ring (bicyclic) bond motifs is 1. The lowest BCUT2D eigenvalue weighted by atomic mass is 10.2. The number of aliphatic carboxylic acids is 1. The SMILES string of the molecule is CC(Nc1ccc2cccccc1-2)C(=O)O. The van der Waals surface area contributed by atoms with Gasteiger partial charge in [0.15, 0.2) is 0 Å². The zero-order valence-electron chi connectivity index (χ0n) is 8.97. The van der Waals surface area contributed by atoms with Crippen molar-refractivity contribution < 1.29 is 9.90 Å². The number of anilines is 1. The number of hydrogen-bond donors (Lipinski definition) is 2. The van der Waals surface area contributed by atoms with Crippen LogP contribution in [0.2, 0.25) is 0 Å². The van der Waals surface area contributed by atoms with Gasteiger partial charge in [-0.05, 0) is 18.6 Å². The lowest BCUT2D eigenvalue weighted by Gasteiger charge is -2.10. The minimum Gasteiger partial charge on any atom is -0.480 e. The maximum atomic E-state index is 10.8. The van der Waals surface area contributed by atoms with Gasteiger partial charge in [-0.1, -0.05) is 36.4 Å². The minimum atomic E-state index is -0.852. The summed E-state index contributed by atoms with van der Waals surface area (Å²) in [6.07, 6.45) is 0. The zero-order chi connectivity index (χ0) is 11.5. The van der Waals surface area contributed by atoms with Crippen molar-refractivity contribution in [3.8, 4) is 11.1 Å². The van der Waals surface area contributed by atoms with E-state index in [4.69, 9.17) is 5.11 Å². The molecular weight excluding hydrogens is 202 g/mol. The second-order valence-electron chi connectivity index (χ2n) is 3.73. The molecular formula is C13H13NO2. The Balaban J connectivity index is 2.31. The maximum Gasteiger partial charge on any atom is 0.325 e. The number of carboxylic acid groups (broad SMARTS) is 1. The summed E-state index contributed by atoms with van der Waals surface area (Å²) in [7, 11) is 0. The number of carboxylic acids is 1. The van der Waals surface area contributed by atoms with Gasteiger partial charge in [-0.2, -0.15) is 0 Å². The molecule has 82 valence electrons. The Morgan fingerprint density at radius 2 is 1.94 bits per heavy atom. The molecule has 0 saturated heterocycles. The average molecular weight is 215 g/mol. The van der Waals surface area contributed by atoms with Crippen LogP contribution in [-0.4, -0.2) is 17.1 Å². The zero-order valence-corrected chi connectivity index (χ0v) is 8.97. The maximum absolute atomic E-state index is 10.8. The molecule has 1 unspecified atom stereocenters. The van der Waals surface area contributed by atoms with E-state index in [0.717, 1.165) is 16.8 Å². The van der Waals surface area contributed by atoms with Gasteiger partial charge in [0.05, 0.1) is 0 Å². The van der Waals surface area contributed by atoms with Crippen LogP contribution in [0.15, 0.2) is 42.5 Å². The molecule has 2 rings (SSSR count). The Bertz CT molecular complexity index is 481. The lowest BCUT2D eigenvalue weighted by molar-refractivity contribution is -0.137. The third-order valence-corrected chi connectivity index (χ3v) is 2.53. The molecule has 3 heteroatoms. The standard InChI is InChI=1S/C13H13NO2/c1-9(13(15)16)14-12-8-7-10-5-3-2-4-6-11(10)12/h2-9,14H,1H3,(H,15,16). The van der Waals surface area contributed by atoms with Crippen LogP contribution in [0.4, 0.5) is 5.69 Å². The Hall–Kier alpha value is -2.03. The van der Waals surface area contributed by atoms with Crippen LogP contribution in [-0.2, 0) is 4.79 Å². The van der Waals surface area contributed by atoms with Gasteiger partial charge in [0.25, 0.3) is 0 Å². The normalized spacial score (nSPS) is 12.3. The minimum absolute atomic E-state index is 0.587. The predicted octanol–water partition coefficient (Wildman–Crippen LogP) is 2.68. The molecule has 2 aliphatic carbocycles. The molecule has 0 aromatic heterocycles. The number of carbonyl (C=O) groups is 1. The highest BCUT2D eigenvalue weighted by atomic mass is 16.4. The van der Waals surface area contributed by atoms with Crippen molar-refractivity contribution in [2.45, 2.75) is 13.0 Å². The third-order valence-electron chi connectivity index (χ3n) is 2.53. The fraction of sp³-hybridized carbons (Fsp3) is 0.154. The largest absolute Gasteiger partial charge is 0.480 e. The highest BCUT2D eigenvalue weighted by Crippen LogP contribution is 2.31. The van der Waals surface area contributed by atoms with E-state index >= 15 is 0 Å². The smallest absolute Gasteiger partial charge is 0.325 e. The van der Waals surface area contributed by atoms with Gasteiger partial charge in [0.1, 0.15) is 6.04 Å². The molecule has 0 radical (unpaired) electrons. The summed E-state index contributed by atoms with van der Waals surface area (Å²) in [5.74, 6) is -0.852. The molecule has 0 aliphatic heterocycles. The van der Waals surface area contributed by atoms with Crippen molar-refractivity contribution in [3.63, 3.8) is 0 Å². The molecule has 0 amide bonds. The van der Waals surface area contributed by atoms with Crippen LogP contribution >= 0.6 is 0 Å². The molecule has 1 atom stereocenters. The van der Waals surface area contributed by atoms with Crippen molar-refractivity contribution in [3.05, 3.63) is 42.5 Å². The van der Waals surface area contributed by atoms with E-state index in [2.05, 4.69) is 5.32 Å². The Labute approximate surface area is 94.1 Å². The third kappa shape index (κ3) is 1.98. The van der Waals surface area contributed by atoms with Gasteiger partial charge < -0.3 is 10.4 Å². The first-order chi connectivity index (χ1) is 7.68. The Morgan fingerprint density at radius 3 is 2.69 bits per heavy atom. The Morgan fingerprint density at radius 1 is 1.19 bits per heavy atom. The molecule has 0 fully saturated rings. The first kappa shape index (κ1) is 10.5. The summed E-state index contributed by atoms with van der Waals surface area (Å²) in [6, 6.07) is 13.1. The van der Waals surface area contributed by atoms with Crippen molar-refractivity contribution in [2.75, 3.05) is 5.32 Å². The molecule has 0 aromatic rings. The highest BCUT2D eigenvalue weighted by Gasteiger charge is 2.14. The molecule has 0 aromatic carbocycles. The van der Waals surface area contributed by atoms with E-state index in [0.29, 0.717) is 0 Å². The number of rotatable bonds is 3. The van der Waals surface area contributed by atoms with Crippen molar-refractivity contribution >= 4 is 11.7 Å². The molecule has 3 nitrogen and oxygen atoms in total. The Kier molecular flexibility index (Phi) is 2.77. The molecule has 16 heavy (non-hydrogen) atoms. The first-order valence-electron chi connectivity index (χ1n) is 5.15. The van der Waals surface area contributed by atoms with Gasteiger partial charge in [0, 0.05) is 11.3 Å². The summed E-state index contributed by atoms with van der Waals surface area (Å²) in [5, 5.41) is 11.8. The fourth-order valence-corrected chi connectivity index (χ4v) is 1.64. The fourth-order valence-electron chi connectivity index (χ4n) is 1.64. The molecule has 0 bridgehead atoms. The van der Waals surface area contributed by atoms with Gasteiger partial charge in [-0.3, -0.25) is 4.79 Å². The highest BCUT2D eigenvalue weighted by molar-refractivity contribution is 5.85. The predicted molar refractivity (Wildman–Crippen MR) is 63.8 cm³/mol. The van der Waals surface area contributed by atoms with Crippen LogP contribution in [0.1, 0.15) is 6.92 Å². The van der Waals surface area contributed by atoms with Crippen LogP contribution in [0, 0.1) is 0 Å². The van der Waals surface area contributed by atoms with Gasteiger partial charge in [-0.15, -0.1) is 0 Å². The van der Waals surface area contributed by atoms with Crippen LogP contribution in [0.5, 0.6) is 0 Å². The average Bonchev–Trinajstić information content (AvgIpc) is 2.50. The van der Waals surface area contributed by atoms with Gasteiger partial charge in [-0.25, -0.2) is 0 Å². The molecule has 0 heterocycles. The summed E-state index contributed by atoms with van der Waals surface area (Å²) in [4.78, 5) is 10.8. The van der Waals surface area contributed by atoms with Crippen LogP contribution in [0.3, 0.4) is 0 Å². The van der Waals surface area contributed by atoms with E-state index in [1.165, 1.54) is 0 Å². The monoisotopic (exact) mass is 215 g/mol. The van der Waals surface area contributed by atoms with E-state index in [9.17, 15) is 4.79 Å². The summed E-state index contributed by atoms with van der Waals surface area (Å²) >= 11 is 0. The summed E-state index contributed by atoms with van der Waals surface area (Å²) in [5.41, 5.74) is 3.00. The van der Waals surface area contributed by atoms with Crippen molar-refractivity contribution in [1.82, 2.24) is 0 Å². The van der Waals surface area contributed by atoms with E-state index < -0.39 is 12.0 Å². The topological polar surface area (TPSA) is 49.3 Å². The van der Waals surface area contributed by atoms with E-state index in [1.807, 2.05) is 42.5 Å². The quantitative estimate of drug-likeness (QED) is 0.827. The second-order valence-corrected chi connectivity index (χ2v) is 3.73. The van der Waals surface area contributed by atoms with E-state index in [-0.39, 0.29) is 0 Å². The second kappa shape index (κ2) is 4.23.